The van der Waals surface area contributed by atoms with Crippen LogP contribution in [0, 0.1) is 0 Å². The smallest absolute Gasteiger partial charge is 0.313 e. The lowest BCUT2D eigenvalue weighted by molar-refractivity contribution is -0.143. The summed E-state index contributed by atoms with van der Waals surface area (Å²) >= 11 is 0. The highest BCUT2D eigenvalue weighted by Crippen LogP contribution is 2.55. The average molecular weight is 413 g/mol. The van der Waals surface area contributed by atoms with Crippen LogP contribution in [0.2, 0.25) is 0 Å². The number of methoxy groups -OCH3 is 1. The number of carboxylic acid groups (broad SMARTS) is 1. The fourth-order valence-corrected chi connectivity index (χ4v) is 5.35. The Bertz CT molecular complexity index is 1170. The Morgan fingerprint density at radius 2 is 1.77 bits per heavy atom. The zero-order chi connectivity index (χ0) is 21.6. The van der Waals surface area contributed by atoms with Crippen LogP contribution in [-0.2, 0) is 23.3 Å². The van der Waals surface area contributed by atoms with E-state index in [0.717, 1.165) is 28.9 Å². The molecule has 3 aromatic rings. The van der Waals surface area contributed by atoms with Crippen LogP contribution in [0.1, 0.15) is 45.0 Å². The molecule has 0 saturated heterocycles. The molecule has 1 spiro atoms. The van der Waals surface area contributed by atoms with Gasteiger partial charge < -0.3 is 14.7 Å². The number of fused-ring (bicyclic) bond motifs is 3. The highest BCUT2D eigenvalue weighted by Gasteiger charge is 2.58. The summed E-state index contributed by atoms with van der Waals surface area (Å²) in [7, 11) is 1.61. The quantitative estimate of drug-likeness (QED) is 0.690. The van der Waals surface area contributed by atoms with Crippen molar-refractivity contribution >= 4 is 11.9 Å². The lowest BCUT2D eigenvalue weighted by Gasteiger charge is -2.49. The van der Waals surface area contributed by atoms with Crippen molar-refractivity contribution in [3.8, 4) is 5.75 Å². The number of hydrogen-bond donors (Lipinski definition) is 1. The maximum atomic E-state index is 13.8. The van der Waals surface area contributed by atoms with Gasteiger partial charge in [-0.05, 0) is 53.3 Å². The standard InChI is InChI=1S/C26H23NO4/c1-31-19-12-10-17(11-13-19)16-27-24(28)21-8-4-3-7-20(21)23(25(29)30)26(27)15-14-18-6-2-5-9-22(18)26/h2-13,23H,14-16H2,1H3,(H,29,30). The van der Waals surface area contributed by atoms with E-state index in [9.17, 15) is 14.7 Å². The number of benzene rings is 3. The number of hydrogen-bond acceptors (Lipinski definition) is 3. The summed E-state index contributed by atoms with van der Waals surface area (Å²) in [5, 5.41) is 10.4. The van der Waals surface area contributed by atoms with E-state index in [4.69, 9.17) is 4.74 Å². The van der Waals surface area contributed by atoms with Crippen molar-refractivity contribution in [3.63, 3.8) is 0 Å². The summed E-state index contributed by atoms with van der Waals surface area (Å²) in [5.41, 5.74) is 3.13. The Balaban J connectivity index is 1.72. The van der Waals surface area contributed by atoms with Crippen LogP contribution in [0.5, 0.6) is 5.75 Å². The Morgan fingerprint density at radius 1 is 1.06 bits per heavy atom. The minimum absolute atomic E-state index is 0.124. The van der Waals surface area contributed by atoms with Crippen LogP contribution in [0.4, 0.5) is 0 Å². The monoisotopic (exact) mass is 413 g/mol. The Kier molecular flexibility index (Phi) is 4.54. The average Bonchev–Trinajstić information content (AvgIpc) is 3.17. The van der Waals surface area contributed by atoms with Crippen molar-refractivity contribution in [1.29, 1.82) is 0 Å². The largest absolute Gasteiger partial charge is 0.497 e. The Morgan fingerprint density at radius 3 is 2.52 bits per heavy atom. The minimum atomic E-state index is -0.923. The summed E-state index contributed by atoms with van der Waals surface area (Å²) in [4.78, 5) is 28.3. The van der Waals surface area contributed by atoms with Crippen molar-refractivity contribution in [3.05, 3.63) is 101 Å². The van der Waals surface area contributed by atoms with Crippen molar-refractivity contribution in [2.75, 3.05) is 7.11 Å². The van der Waals surface area contributed by atoms with Gasteiger partial charge in [-0.3, -0.25) is 9.59 Å². The zero-order valence-corrected chi connectivity index (χ0v) is 17.2. The van der Waals surface area contributed by atoms with Crippen LogP contribution < -0.4 is 4.74 Å². The highest BCUT2D eigenvalue weighted by atomic mass is 16.5. The molecule has 156 valence electrons. The number of nitrogens with zero attached hydrogens (tertiary/aromatic N) is 1. The summed E-state index contributed by atoms with van der Waals surface area (Å²) in [6.45, 7) is 0.329. The van der Waals surface area contributed by atoms with Crippen LogP contribution in [0.25, 0.3) is 0 Å². The number of carbonyl (C=O) groups excluding carboxylic acids is 1. The second-order valence-electron chi connectivity index (χ2n) is 8.18. The van der Waals surface area contributed by atoms with E-state index < -0.39 is 17.4 Å². The first-order valence-corrected chi connectivity index (χ1v) is 10.4. The highest BCUT2D eigenvalue weighted by molar-refractivity contribution is 6.01. The fourth-order valence-electron chi connectivity index (χ4n) is 5.35. The van der Waals surface area contributed by atoms with E-state index >= 15 is 0 Å². The van der Waals surface area contributed by atoms with Gasteiger partial charge in [-0.25, -0.2) is 0 Å². The molecular formula is C26H23NO4. The molecule has 2 aliphatic rings. The number of rotatable bonds is 4. The molecule has 31 heavy (non-hydrogen) atoms. The number of carbonyl (C=O) groups is 2. The molecule has 0 aromatic heterocycles. The van der Waals surface area contributed by atoms with E-state index in [0.29, 0.717) is 24.1 Å². The van der Waals surface area contributed by atoms with Crippen LogP contribution in [0.15, 0.2) is 72.8 Å². The molecule has 0 bridgehead atoms. The SMILES string of the molecule is COc1ccc(CN2C(=O)c3ccccc3C(C(=O)O)C23CCc2ccccc23)cc1. The van der Waals surface area contributed by atoms with E-state index in [1.165, 1.54) is 0 Å². The lowest BCUT2D eigenvalue weighted by Crippen LogP contribution is -2.57. The molecule has 2 atom stereocenters. The van der Waals surface area contributed by atoms with Gasteiger partial charge in [0.15, 0.2) is 0 Å². The molecule has 1 aliphatic carbocycles. The van der Waals surface area contributed by atoms with Gasteiger partial charge in [0, 0.05) is 12.1 Å². The first-order chi connectivity index (χ1) is 15.1. The van der Waals surface area contributed by atoms with Gasteiger partial charge in [0.1, 0.15) is 11.7 Å². The number of aliphatic carboxylic acids is 1. The van der Waals surface area contributed by atoms with Gasteiger partial charge in [0.05, 0.1) is 12.6 Å². The molecule has 0 fully saturated rings. The maximum Gasteiger partial charge on any atom is 0.313 e. The minimum Gasteiger partial charge on any atom is -0.497 e. The van der Waals surface area contributed by atoms with Gasteiger partial charge >= 0.3 is 5.97 Å². The molecule has 0 radical (unpaired) electrons. The van der Waals surface area contributed by atoms with Crippen molar-refractivity contribution in [2.45, 2.75) is 30.8 Å². The van der Waals surface area contributed by atoms with Gasteiger partial charge in [-0.15, -0.1) is 0 Å². The molecule has 2 unspecified atom stereocenters. The first-order valence-electron chi connectivity index (χ1n) is 10.4. The van der Waals surface area contributed by atoms with Gasteiger partial charge in [-0.1, -0.05) is 54.6 Å². The van der Waals surface area contributed by atoms with Gasteiger partial charge in [0.25, 0.3) is 5.91 Å². The molecule has 1 N–H and O–H groups in total. The Labute approximate surface area is 180 Å². The van der Waals surface area contributed by atoms with E-state index in [1.54, 1.807) is 30.2 Å². The topological polar surface area (TPSA) is 66.8 Å². The van der Waals surface area contributed by atoms with Crippen LogP contribution in [-0.4, -0.2) is 29.0 Å². The van der Waals surface area contributed by atoms with Crippen molar-refractivity contribution in [2.24, 2.45) is 0 Å². The zero-order valence-electron chi connectivity index (χ0n) is 17.2. The lowest BCUT2D eigenvalue weighted by atomic mass is 9.69. The molecule has 1 amide bonds. The van der Waals surface area contributed by atoms with E-state index in [1.807, 2.05) is 54.6 Å². The summed E-state index contributed by atoms with van der Waals surface area (Å²) < 4.78 is 5.26. The van der Waals surface area contributed by atoms with Gasteiger partial charge in [0.2, 0.25) is 0 Å². The second kappa shape index (κ2) is 7.27. The molecule has 5 nitrogen and oxygen atoms in total. The van der Waals surface area contributed by atoms with Crippen molar-refractivity contribution < 1.29 is 19.4 Å². The Hall–Kier alpha value is -3.60. The molecule has 3 aromatic carbocycles. The molecular weight excluding hydrogens is 390 g/mol. The summed E-state index contributed by atoms with van der Waals surface area (Å²) in [6.07, 6.45) is 1.33. The predicted molar refractivity (Wildman–Crippen MR) is 116 cm³/mol. The maximum absolute atomic E-state index is 13.8. The molecule has 1 heterocycles. The van der Waals surface area contributed by atoms with E-state index in [2.05, 4.69) is 0 Å². The fraction of sp³-hybridized carbons (Fsp3) is 0.231. The third-order valence-electron chi connectivity index (χ3n) is 6.71. The number of aryl methyl sites for hydroxylation is 1. The molecule has 5 rings (SSSR count). The first kappa shape index (κ1) is 19.4. The third kappa shape index (κ3) is 2.84. The van der Waals surface area contributed by atoms with Gasteiger partial charge in [-0.2, -0.15) is 0 Å². The molecule has 1 aliphatic heterocycles. The predicted octanol–water partition coefficient (Wildman–Crippen LogP) is 4.36. The second-order valence-corrected chi connectivity index (χ2v) is 8.18. The summed E-state index contributed by atoms with van der Waals surface area (Å²) in [5.74, 6) is -1.12. The normalized spacial score (nSPS) is 21.6. The van der Waals surface area contributed by atoms with Crippen LogP contribution >= 0.6 is 0 Å². The van der Waals surface area contributed by atoms with E-state index in [-0.39, 0.29) is 5.91 Å². The number of ether oxygens (including phenoxy) is 1. The summed E-state index contributed by atoms with van der Waals surface area (Å²) in [6, 6.07) is 22.7. The molecule has 5 heteroatoms. The molecule has 0 saturated carbocycles. The van der Waals surface area contributed by atoms with Crippen LogP contribution in [0.3, 0.4) is 0 Å². The van der Waals surface area contributed by atoms with Crippen molar-refractivity contribution in [1.82, 2.24) is 4.90 Å². The number of carboxylic acids is 1. The third-order valence-corrected chi connectivity index (χ3v) is 6.71. The number of amides is 1.